The number of nitrogens with zero attached hydrogens (tertiary/aromatic N) is 1. The molecule has 0 bridgehead atoms. The van der Waals surface area contributed by atoms with Crippen LogP contribution < -0.4 is 9.62 Å². The fourth-order valence-corrected chi connectivity index (χ4v) is 3.41. The molecule has 0 radical (unpaired) electrons. The first kappa shape index (κ1) is 16.6. The van der Waals surface area contributed by atoms with E-state index in [1.54, 1.807) is 45.0 Å². The number of rotatable bonds is 4. The summed E-state index contributed by atoms with van der Waals surface area (Å²) in [5, 5.41) is 2.64. The number of nitrogens with one attached hydrogen (secondary N) is 1. The van der Waals surface area contributed by atoms with E-state index in [0.717, 1.165) is 12.8 Å². The molecule has 0 spiro atoms. The predicted octanol–water partition coefficient (Wildman–Crippen LogP) is 2.96. The Morgan fingerprint density at radius 3 is 2.36 bits per heavy atom. The van der Waals surface area contributed by atoms with Crippen LogP contribution in [0.3, 0.4) is 0 Å². The van der Waals surface area contributed by atoms with Crippen molar-refractivity contribution in [2.75, 3.05) is 15.9 Å². The number of anilines is 2. The van der Waals surface area contributed by atoms with Gasteiger partial charge in [-0.3, -0.25) is 9.62 Å². The van der Waals surface area contributed by atoms with E-state index in [1.165, 1.54) is 10.6 Å². The number of hydrogen-bond acceptors (Lipinski definition) is 4. The van der Waals surface area contributed by atoms with Gasteiger partial charge in [-0.1, -0.05) is 12.1 Å². The summed E-state index contributed by atoms with van der Waals surface area (Å²) in [6, 6.07) is 6.81. The lowest BCUT2D eigenvalue weighted by molar-refractivity contribution is 0.0636. The Labute approximate surface area is 131 Å². The van der Waals surface area contributed by atoms with Gasteiger partial charge in [0.1, 0.15) is 5.60 Å². The van der Waals surface area contributed by atoms with Gasteiger partial charge in [-0.05, 0) is 45.7 Å². The molecular formula is C15H22N2O4S. The standard InChI is InChI=1S/C15H22N2O4S/c1-15(2,3)21-14(18)16-12-7-5-6-8-13(12)17(11-9-10-11)22(4,19)20/h5-8,11H,9-10H2,1-4H3,(H,16,18). The maximum atomic E-state index is 12.1. The minimum absolute atomic E-state index is 0.0309. The first-order valence-corrected chi connectivity index (χ1v) is 9.01. The molecule has 1 N–H and O–H groups in total. The smallest absolute Gasteiger partial charge is 0.412 e. The monoisotopic (exact) mass is 326 g/mol. The van der Waals surface area contributed by atoms with Gasteiger partial charge in [0.25, 0.3) is 0 Å². The Bertz CT molecular complexity index is 660. The van der Waals surface area contributed by atoms with Crippen LogP contribution >= 0.6 is 0 Å². The Morgan fingerprint density at radius 2 is 1.86 bits per heavy atom. The van der Waals surface area contributed by atoms with E-state index in [2.05, 4.69) is 5.32 Å². The van der Waals surface area contributed by atoms with Crippen LogP contribution in [0.5, 0.6) is 0 Å². The van der Waals surface area contributed by atoms with Crippen LogP contribution in [0.2, 0.25) is 0 Å². The molecule has 0 saturated heterocycles. The minimum Gasteiger partial charge on any atom is -0.444 e. The molecule has 0 aromatic heterocycles. The summed E-state index contributed by atoms with van der Waals surface area (Å²) in [4.78, 5) is 11.9. The summed E-state index contributed by atoms with van der Waals surface area (Å²) in [5.41, 5.74) is 0.277. The van der Waals surface area contributed by atoms with Crippen molar-refractivity contribution in [3.63, 3.8) is 0 Å². The lowest BCUT2D eigenvalue weighted by Gasteiger charge is -2.25. The number of carbonyl (C=O) groups excluding carboxylic acids is 1. The molecule has 1 aliphatic carbocycles. The Morgan fingerprint density at radius 1 is 1.27 bits per heavy atom. The SMILES string of the molecule is CC(C)(C)OC(=O)Nc1ccccc1N(C1CC1)S(C)(=O)=O. The summed E-state index contributed by atoms with van der Waals surface area (Å²) in [6.45, 7) is 5.31. The van der Waals surface area contributed by atoms with E-state index >= 15 is 0 Å². The zero-order chi connectivity index (χ0) is 16.5. The summed E-state index contributed by atoms with van der Waals surface area (Å²) in [7, 11) is -3.41. The van der Waals surface area contributed by atoms with E-state index in [9.17, 15) is 13.2 Å². The highest BCUT2D eigenvalue weighted by molar-refractivity contribution is 7.92. The normalized spacial score (nSPS) is 15.3. The van der Waals surface area contributed by atoms with Gasteiger partial charge in [0.2, 0.25) is 10.0 Å². The average molecular weight is 326 g/mol. The first-order chi connectivity index (χ1) is 10.1. The molecule has 1 fully saturated rings. The van der Waals surface area contributed by atoms with Gasteiger partial charge >= 0.3 is 6.09 Å². The molecule has 0 aliphatic heterocycles. The Hall–Kier alpha value is -1.76. The maximum absolute atomic E-state index is 12.1. The molecule has 1 aromatic rings. The fraction of sp³-hybridized carbons (Fsp3) is 0.533. The molecule has 1 saturated carbocycles. The predicted molar refractivity (Wildman–Crippen MR) is 86.6 cm³/mol. The number of hydrogen-bond donors (Lipinski definition) is 1. The average Bonchev–Trinajstić information content (AvgIpc) is 3.11. The van der Waals surface area contributed by atoms with Crippen LogP contribution in [0.1, 0.15) is 33.6 Å². The van der Waals surface area contributed by atoms with E-state index < -0.39 is 21.7 Å². The summed E-state index contributed by atoms with van der Waals surface area (Å²) in [6.07, 6.45) is 2.22. The van der Waals surface area contributed by atoms with E-state index in [4.69, 9.17) is 4.74 Å². The van der Waals surface area contributed by atoms with Crippen molar-refractivity contribution in [3.8, 4) is 0 Å². The van der Waals surface area contributed by atoms with Gasteiger partial charge in [-0.15, -0.1) is 0 Å². The Kier molecular flexibility index (Phi) is 4.37. The molecular weight excluding hydrogens is 304 g/mol. The van der Waals surface area contributed by atoms with Crippen LogP contribution in [0.4, 0.5) is 16.2 Å². The van der Waals surface area contributed by atoms with Gasteiger partial charge in [-0.25, -0.2) is 13.2 Å². The molecule has 6 nitrogen and oxygen atoms in total. The molecule has 2 rings (SSSR count). The van der Waals surface area contributed by atoms with Crippen LogP contribution in [0.25, 0.3) is 0 Å². The van der Waals surface area contributed by atoms with Crippen LogP contribution in [0.15, 0.2) is 24.3 Å². The third-order valence-corrected chi connectivity index (χ3v) is 4.22. The first-order valence-electron chi connectivity index (χ1n) is 7.16. The number of benzene rings is 1. The third kappa shape index (κ3) is 4.37. The maximum Gasteiger partial charge on any atom is 0.412 e. The zero-order valence-corrected chi connectivity index (χ0v) is 14.1. The van der Waals surface area contributed by atoms with Crippen molar-refractivity contribution in [3.05, 3.63) is 24.3 Å². The van der Waals surface area contributed by atoms with E-state index in [1.807, 2.05) is 0 Å². The molecule has 1 aliphatic rings. The third-order valence-electron chi connectivity index (χ3n) is 3.01. The van der Waals surface area contributed by atoms with Gasteiger partial charge in [0, 0.05) is 6.04 Å². The largest absolute Gasteiger partial charge is 0.444 e. The molecule has 122 valence electrons. The van der Waals surface area contributed by atoms with Crippen molar-refractivity contribution in [2.45, 2.75) is 45.3 Å². The van der Waals surface area contributed by atoms with Gasteiger partial charge in [0.15, 0.2) is 0 Å². The number of para-hydroxylation sites is 2. The Balaban J connectivity index is 2.28. The number of carbonyl (C=O) groups is 1. The van der Waals surface area contributed by atoms with Crippen molar-refractivity contribution in [1.82, 2.24) is 0 Å². The highest BCUT2D eigenvalue weighted by Gasteiger charge is 2.36. The van der Waals surface area contributed by atoms with Crippen LogP contribution in [0, 0.1) is 0 Å². The van der Waals surface area contributed by atoms with E-state index in [0.29, 0.717) is 11.4 Å². The molecule has 1 amide bonds. The zero-order valence-electron chi connectivity index (χ0n) is 13.3. The number of sulfonamides is 1. The summed E-state index contributed by atoms with van der Waals surface area (Å²) >= 11 is 0. The molecule has 22 heavy (non-hydrogen) atoms. The van der Waals surface area contributed by atoms with Crippen molar-refractivity contribution in [2.24, 2.45) is 0 Å². The van der Waals surface area contributed by atoms with Crippen molar-refractivity contribution >= 4 is 27.5 Å². The molecule has 7 heteroatoms. The van der Waals surface area contributed by atoms with Crippen molar-refractivity contribution in [1.29, 1.82) is 0 Å². The molecule has 0 unspecified atom stereocenters. The second kappa shape index (κ2) is 5.79. The lowest BCUT2D eigenvalue weighted by Crippen LogP contribution is -2.33. The topological polar surface area (TPSA) is 75.7 Å². The quantitative estimate of drug-likeness (QED) is 0.923. The lowest BCUT2D eigenvalue weighted by atomic mass is 10.2. The van der Waals surface area contributed by atoms with Crippen LogP contribution in [-0.2, 0) is 14.8 Å². The number of ether oxygens (including phenoxy) is 1. The van der Waals surface area contributed by atoms with Gasteiger partial charge < -0.3 is 4.74 Å². The molecule has 0 atom stereocenters. The molecule has 0 heterocycles. The minimum atomic E-state index is -3.41. The summed E-state index contributed by atoms with van der Waals surface area (Å²) < 4.78 is 30.7. The van der Waals surface area contributed by atoms with Gasteiger partial charge in [-0.2, -0.15) is 0 Å². The molecule has 1 aromatic carbocycles. The fourth-order valence-electron chi connectivity index (χ4n) is 2.14. The second-order valence-electron chi connectivity index (χ2n) is 6.43. The number of amides is 1. The highest BCUT2D eigenvalue weighted by Crippen LogP contribution is 2.37. The summed E-state index contributed by atoms with van der Waals surface area (Å²) in [5.74, 6) is 0. The van der Waals surface area contributed by atoms with Gasteiger partial charge in [0.05, 0.1) is 17.6 Å². The second-order valence-corrected chi connectivity index (χ2v) is 8.29. The van der Waals surface area contributed by atoms with Crippen LogP contribution in [-0.4, -0.2) is 32.4 Å². The van der Waals surface area contributed by atoms with E-state index in [-0.39, 0.29) is 6.04 Å². The highest BCUT2D eigenvalue weighted by atomic mass is 32.2. The van der Waals surface area contributed by atoms with Crippen molar-refractivity contribution < 1.29 is 17.9 Å².